The molecule has 0 radical (unpaired) electrons. The molecule has 76 valence electrons. The van der Waals surface area contributed by atoms with Crippen molar-refractivity contribution in [3.05, 3.63) is 34.9 Å². The molecule has 0 amide bonds. The standard InChI is InChI=1S/C11H12F2O/c1-6(2)8-4-9(7(3)14)11(13)10(12)5-8/h4-6H,1-3H3. The van der Waals surface area contributed by atoms with Crippen LogP contribution in [0, 0.1) is 11.6 Å². The van der Waals surface area contributed by atoms with Crippen LogP contribution in [0.3, 0.4) is 0 Å². The highest BCUT2D eigenvalue weighted by molar-refractivity contribution is 5.94. The van der Waals surface area contributed by atoms with E-state index in [-0.39, 0.29) is 11.5 Å². The van der Waals surface area contributed by atoms with Crippen molar-refractivity contribution in [2.45, 2.75) is 26.7 Å². The van der Waals surface area contributed by atoms with Crippen molar-refractivity contribution in [2.75, 3.05) is 0 Å². The third-order valence-corrected chi connectivity index (χ3v) is 2.10. The van der Waals surface area contributed by atoms with Crippen LogP contribution < -0.4 is 0 Å². The van der Waals surface area contributed by atoms with Gasteiger partial charge in [-0.15, -0.1) is 0 Å². The monoisotopic (exact) mass is 198 g/mol. The number of hydrogen-bond acceptors (Lipinski definition) is 1. The molecule has 0 N–H and O–H groups in total. The van der Waals surface area contributed by atoms with E-state index in [2.05, 4.69) is 0 Å². The van der Waals surface area contributed by atoms with Crippen LogP contribution in [0.15, 0.2) is 12.1 Å². The summed E-state index contributed by atoms with van der Waals surface area (Å²) in [6.07, 6.45) is 0. The van der Waals surface area contributed by atoms with Crippen LogP contribution in [0.25, 0.3) is 0 Å². The highest BCUT2D eigenvalue weighted by atomic mass is 19.2. The fraction of sp³-hybridized carbons (Fsp3) is 0.364. The summed E-state index contributed by atoms with van der Waals surface area (Å²) in [5.74, 6) is -2.39. The first-order valence-electron chi connectivity index (χ1n) is 4.43. The van der Waals surface area contributed by atoms with Gasteiger partial charge >= 0.3 is 0 Å². The molecular formula is C11H12F2O. The molecule has 0 spiro atoms. The van der Waals surface area contributed by atoms with Gasteiger partial charge in [0.05, 0.1) is 5.56 Å². The number of benzene rings is 1. The Morgan fingerprint density at radius 1 is 1.29 bits per heavy atom. The predicted octanol–water partition coefficient (Wildman–Crippen LogP) is 3.29. The third kappa shape index (κ3) is 1.97. The van der Waals surface area contributed by atoms with Gasteiger partial charge in [-0.25, -0.2) is 8.78 Å². The molecule has 0 aromatic heterocycles. The largest absolute Gasteiger partial charge is 0.294 e. The lowest BCUT2D eigenvalue weighted by Crippen LogP contribution is -2.03. The zero-order valence-corrected chi connectivity index (χ0v) is 8.40. The van der Waals surface area contributed by atoms with Crippen LogP contribution in [-0.2, 0) is 0 Å². The quantitative estimate of drug-likeness (QED) is 0.666. The minimum Gasteiger partial charge on any atom is -0.294 e. The molecule has 0 aliphatic carbocycles. The zero-order chi connectivity index (χ0) is 10.9. The second-order valence-corrected chi connectivity index (χ2v) is 3.58. The molecule has 0 heterocycles. The number of ketones is 1. The van der Waals surface area contributed by atoms with E-state index < -0.39 is 17.4 Å². The predicted molar refractivity (Wildman–Crippen MR) is 50.5 cm³/mol. The highest BCUT2D eigenvalue weighted by Gasteiger charge is 2.15. The van der Waals surface area contributed by atoms with Crippen molar-refractivity contribution in [1.29, 1.82) is 0 Å². The Labute approximate surface area is 81.7 Å². The van der Waals surface area contributed by atoms with Gasteiger partial charge in [0.1, 0.15) is 0 Å². The van der Waals surface area contributed by atoms with Crippen molar-refractivity contribution < 1.29 is 13.6 Å². The lowest BCUT2D eigenvalue weighted by atomic mass is 9.99. The van der Waals surface area contributed by atoms with Crippen LogP contribution in [0.1, 0.15) is 42.6 Å². The number of halogens is 2. The van der Waals surface area contributed by atoms with Crippen LogP contribution in [0.5, 0.6) is 0 Å². The summed E-state index contributed by atoms with van der Waals surface area (Å²) in [7, 11) is 0. The zero-order valence-electron chi connectivity index (χ0n) is 8.40. The molecule has 0 atom stereocenters. The highest BCUT2D eigenvalue weighted by Crippen LogP contribution is 2.21. The molecule has 1 aromatic rings. The minimum absolute atomic E-state index is 0.0724. The molecule has 14 heavy (non-hydrogen) atoms. The lowest BCUT2D eigenvalue weighted by molar-refractivity contribution is 0.101. The first kappa shape index (κ1) is 10.8. The fourth-order valence-electron chi connectivity index (χ4n) is 1.20. The summed E-state index contributed by atoms with van der Waals surface area (Å²) in [6, 6.07) is 2.54. The van der Waals surface area contributed by atoms with Gasteiger partial charge in [-0.2, -0.15) is 0 Å². The van der Waals surface area contributed by atoms with Crippen molar-refractivity contribution >= 4 is 5.78 Å². The Morgan fingerprint density at radius 2 is 1.86 bits per heavy atom. The van der Waals surface area contributed by atoms with Gasteiger partial charge < -0.3 is 0 Å². The Bertz CT molecular complexity index is 370. The maximum Gasteiger partial charge on any atom is 0.169 e. The van der Waals surface area contributed by atoms with Gasteiger partial charge in [0.15, 0.2) is 17.4 Å². The van der Waals surface area contributed by atoms with E-state index >= 15 is 0 Å². The van der Waals surface area contributed by atoms with Crippen LogP contribution >= 0.6 is 0 Å². The molecule has 0 saturated carbocycles. The SMILES string of the molecule is CC(=O)c1cc(C(C)C)cc(F)c1F. The third-order valence-electron chi connectivity index (χ3n) is 2.10. The average molecular weight is 198 g/mol. The molecule has 0 aliphatic rings. The number of hydrogen-bond donors (Lipinski definition) is 0. The Kier molecular flexibility index (Phi) is 2.99. The van der Waals surface area contributed by atoms with E-state index in [0.717, 1.165) is 6.07 Å². The normalized spacial score (nSPS) is 10.7. The first-order chi connectivity index (χ1) is 6.43. The number of carbonyl (C=O) groups is 1. The van der Waals surface area contributed by atoms with Crippen molar-refractivity contribution in [3.8, 4) is 0 Å². The topological polar surface area (TPSA) is 17.1 Å². The first-order valence-corrected chi connectivity index (χ1v) is 4.43. The summed E-state index contributed by atoms with van der Waals surface area (Å²) in [5.41, 5.74) is 0.461. The molecule has 0 fully saturated rings. The molecule has 0 unspecified atom stereocenters. The van der Waals surface area contributed by atoms with Crippen molar-refractivity contribution in [2.24, 2.45) is 0 Å². The molecular weight excluding hydrogens is 186 g/mol. The van der Waals surface area contributed by atoms with Gasteiger partial charge in [0.2, 0.25) is 0 Å². The van der Waals surface area contributed by atoms with Crippen LogP contribution in [0.4, 0.5) is 8.78 Å². The van der Waals surface area contributed by atoms with Gasteiger partial charge in [-0.05, 0) is 30.5 Å². The Balaban J connectivity index is 3.35. The molecule has 0 saturated heterocycles. The molecule has 0 bridgehead atoms. The second kappa shape index (κ2) is 3.86. The summed E-state index contributed by atoms with van der Waals surface area (Å²) < 4.78 is 26.1. The molecule has 1 nitrogen and oxygen atoms in total. The van der Waals surface area contributed by atoms with E-state index in [4.69, 9.17) is 0 Å². The summed E-state index contributed by atoms with van der Waals surface area (Å²) in [4.78, 5) is 11.0. The van der Waals surface area contributed by atoms with Crippen molar-refractivity contribution in [3.63, 3.8) is 0 Å². The molecule has 0 aliphatic heterocycles. The average Bonchev–Trinajstić information content (AvgIpc) is 2.08. The fourth-order valence-corrected chi connectivity index (χ4v) is 1.20. The van der Waals surface area contributed by atoms with Gasteiger partial charge in [-0.1, -0.05) is 13.8 Å². The number of Topliss-reactive ketones (excluding diaryl/α,β-unsaturated/α-hetero) is 1. The van der Waals surface area contributed by atoms with E-state index in [9.17, 15) is 13.6 Å². The van der Waals surface area contributed by atoms with E-state index in [0.29, 0.717) is 5.56 Å². The maximum atomic E-state index is 13.1. The summed E-state index contributed by atoms with van der Waals surface area (Å²) in [6.45, 7) is 4.94. The van der Waals surface area contributed by atoms with Crippen molar-refractivity contribution in [1.82, 2.24) is 0 Å². The van der Waals surface area contributed by atoms with Crippen LogP contribution in [0.2, 0.25) is 0 Å². The number of rotatable bonds is 2. The lowest BCUT2D eigenvalue weighted by Gasteiger charge is -2.08. The van der Waals surface area contributed by atoms with E-state index in [1.54, 1.807) is 0 Å². The Morgan fingerprint density at radius 3 is 2.29 bits per heavy atom. The summed E-state index contributed by atoms with van der Waals surface area (Å²) >= 11 is 0. The molecule has 1 aromatic carbocycles. The smallest absolute Gasteiger partial charge is 0.169 e. The molecule has 3 heteroatoms. The van der Waals surface area contributed by atoms with Gasteiger partial charge in [0, 0.05) is 0 Å². The van der Waals surface area contributed by atoms with E-state index in [1.807, 2.05) is 13.8 Å². The Hall–Kier alpha value is -1.25. The second-order valence-electron chi connectivity index (χ2n) is 3.58. The van der Waals surface area contributed by atoms with Gasteiger partial charge in [0.25, 0.3) is 0 Å². The summed E-state index contributed by atoms with van der Waals surface area (Å²) in [5, 5.41) is 0. The minimum atomic E-state index is -1.05. The maximum absolute atomic E-state index is 13.1. The molecule has 1 rings (SSSR count). The van der Waals surface area contributed by atoms with Crippen LogP contribution in [-0.4, -0.2) is 5.78 Å². The van der Waals surface area contributed by atoms with Gasteiger partial charge in [-0.3, -0.25) is 4.79 Å². The number of carbonyl (C=O) groups excluding carboxylic acids is 1. The van der Waals surface area contributed by atoms with E-state index in [1.165, 1.54) is 13.0 Å².